The van der Waals surface area contributed by atoms with Crippen LogP contribution in [0.3, 0.4) is 0 Å². The Balaban J connectivity index is 2.46. The van der Waals surface area contributed by atoms with E-state index in [2.05, 4.69) is 10.3 Å². The van der Waals surface area contributed by atoms with E-state index in [1.165, 1.54) is 9.47 Å². The van der Waals surface area contributed by atoms with E-state index < -0.39 is 23.7 Å². The van der Waals surface area contributed by atoms with Crippen molar-refractivity contribution in [1.29, 1.82) is 0 Å². The highest BCUT2D eigenvalue weighted by atomic mass is 16.2. The van der Waals surface area contributed by atoms with Crippen molar-refractivity contribution in [1.82, 2.24) is 19.8 Å². The van der Waals surface area contributed by atoms with Gasteiger partial charge in [-0.1, -0.05) is 6.92 Å². The van der Waals surface area contributed by atoms with Crippen LogP contribution < -0.4 is 11.0 Å². The highest BCUT2D eigenvalue weighted by Gasteiger charge is 2.38. The fraction of sp³-hybridized carbons (Fsp3) is 0.455. The summed E-state index contributed by atoms with van der Waals surface area (Å²) in [5.41, 5.74) is 0.0165. The molecule has 0 aliphatic carbocycles. The molecule has 96 valence electrons. The van der Waals surface area contributed by atoms with Gasteiger partial charge in [0.25, 0.3) is 0 Å². The third-order valence-electron chi connectivity index (χ3n) is 3.15. The SMILES string of the molecule is C[C@@H]1C(=O)NC(=O)N(C)[C@H]1c1ccn(C)c(=O)n1. The molecule has 1 aliphatic rings. The van der Waals surface area contributed by atoms with Gasteiger partial charge in [-0.25, -0.2) is 9.59 Å². The average Bonchev–Trinajstić information content (AvgIpc) is 2.31. The third-order valence-corrected chi connectivity index (χ3v) is 3.15. The summed E-state index contributed by atoms with van der Waals surface area (Å²) in [7, 11) is 3.16. The quantitative estimate of drug-likeness (QED) is 0.737. The van der Waals surface area contributed by atoms with E-state index in [1.54, 1.807) is 33.3 Å². The number of imide groups is 1. The first-order chi connectivity index (χ1) is 8.41. The minimum absolute atomic E-state index is 0.356. The zero-order valence-electron chi connectivity index (χ0n) is 10.4. The number of rotatable bonds is 1. The topological polar surface area (TPSA) is 84.3 Å². The second-order valence-electron chi connectivity index (χ2n) is 4.38. The van der Waals surface area contributed by atoms with Gasteiger partial charge in [0.1, 0.15) is 0 Å². The Morgan fingerprint density at radius 2 is 1.94 bits per heavy atom. The van der Waals surface area contributed by atoms with Crippen molar-refractivity contribution in [3.8, 4) is 0 Å². The van der Waals surface area contributed by atoms with Crippen LogP contribution in [0.2, 0.25) is 0 Å². The summed E-state index contributed by atoms with van der Waals surface area (Å²) < 4.78 is 1.33. The molecule has 2 heterocycles. The minimum atomic E-state index is -0.514. The Labute approximate surface area is 103 Å². The van der Waals surface area contributed by atoms with Crippen molar-refractivity contribution < 1.29 is 9.59 Å². The van der Waals surface area contributed by atoms with Gasteiger partial charge in [0.05, 0.1) is 17.7 Å². The Kier molecular flexibility index (Phi) is 2.90. The zero-order chi connectivity index (χ0) is 13.4. The molecule has 0 unspecified atom stereocenters. The molecule has 0 aromatic carbocycles. The number of hydrogen-bond acceptors (Lipinski definition) is 4. The maximum Gasteiger partial charge on any atom is 0.347 e. The number of nitrogens with zero attached hydrogens (tertiary/aromatic N) is 3. The Morgan fingerprint density at radius 1 is 1.28 bits per heavy atom. The van der Waals surface area contributed by atoms with Crippen molar-refractivity contribution in [3.63, 3.8) is 0 Å². The molecule has 1 aromatic heterocycles. The molecule has 2 atom stereocenters. The highest BCUT2D eigenvalue weighted by molar-refractivity contribution is 5.98. The lowest BCUT2D eigenvalue weighted by molar-refractivity contribution is -0.127. The van der Waals surface area contributed by atoms with Crippen LogP contribution in [-0.4, -0.2) is 33.4 Å². The number of aromatic nitrogens is 2. The Hall–Kier alpha value is -2.18. The van der Waals surface area contributed by atoms with Crippen LogP contribution in [0.25, 0.3) is 0 Å². The number of hydrogen-bond donors (Lipinski definition) is 1. The van der Waals surface area contributed by atoms with Gasteiger partial charge in [-0.3, -0.25) is 10.1 Å². The molecule has 0 saturated carbocycles. The fourth-order valence-electron chi connectivity index (χ4n) is 2.01. The summed E-state index contributed by atoms with van der Waals surface area (Å²) in [6.07, 6.45) is 1.57. The predicted octanol–water partition coefficient (Wildman–Crippen LogP) is -0.361. The lowest BCUT2D eigenvalue weighted by atomic mass is 9.94. The van der Waals surface area contributed by atoms with Crippen LogP contribution in [0.5, 0.6) is 0 Å². The number of nitrogens with one attached hydrogen (secondary N) is 1. The number of carbonyl (C=O) groups excluding carboxylic acids is 2. The van der Waals surface area contributed by atoms with Gasteiger partial charge in [0, 0.05) is 20.3 Å². The average molecular weight is 250 g/mol. The lowest BCUT2D eigenvalue weighted by Crippen LogP contribution is -2.54. The van der Waals surface area contributed by atoms with Crippen molar-refractivity contribution in [2.24, 2.45) is 13.0 Å². The molecule has 0 radical (unpaired) electrons. The molecule has 0 bridgehead atoms. The molecule has 7 heteroatoms. The van der Waals surface area contributed by atoms with Gasteiger partial charge >= 0.3 is 11.7 Å². The van der Waals surface area contributed by atoms with E-state index in [4.69, 9.17) is 0 Å². The number of carbonyl (C=O) groups is 2. The first-order valence-electron chi connectivity index (χ1n) is 5.53. The standard InChI is InChI=1S/C11H14N4O3/c1-6-8(15(3)11(18)13-9(6)16)7-4-5-14(2)10(17)12-7/h4-6,8H,1-3H3,(H,13,16,18)/t6-,8+/m0/s1. The van der Waals surface area contributed by atoms with E-state index in [-0.39, 0.29) is 5.91 Å². The first-order valence-corrected chi connectivity index (χ1v) is 5.53. The monoisotopic (exact) mass is 250 g/mol. The summed E-state index contributed by atoms with van der Waals surface area (Å²) in [5, 5.41) is 2.24. The molecular formula is C11H14N4O3. The van der Waals surface area contributed by atoms with E-state index in [0.717, 1.165) is 0 Å². The van der Waals surface area contributed by atoms with Gasteiger partial charge in [0.15, 0.2) is 0 Å². The second-order valence-corrected chi connectivity index (χ2v) is 4.38. The number of aryl methyl sites for hydroxylation is 1. The fourth-order valence-corrected chi connectivity index (χ4v) is 2.01. The molecule has 2 rings (SSSR count). The molecule has 1 fully saturated rings. The normalized spacial score (nSPS) is 24.1. The van der Waals surface area contributed by atoms with Crippen LogP contribution in [0.15, 0.2) is 17.1 Å². The van der Waals surface area contributed by atoms with Gasteiger partial charge < -0.3 is 9.47 Å². The largest absolute Gasteiger partial charge is 0.347 e. The molecule has 7 nitrogen and oxygen atoms in total. The van der Waals surface area contributed by atoms with Crippen LogP contribution >= 0.6 is 0 Å². The molecule has 1 aromatic rings. The summed E-state index contributed by atoms with van der Waals surface area (Å²) in [6.45, 7) is 1.70. The maximum absolute atomic E-state index is 11.6. The summed E-state index contributed by atoms with van der Waals surface area (Å²) >= 11 is 0. The van der Waals surface area contributed by atoms with Crippen LogP contribution in [0, 0.1) is 5.92 Å². The zero-order valence-corrected chi connectivity index (χ0v) is 10.4. The Morgan fingerprint density at radius 3 is 2.56 bits per heavy atom. The molecule has 0 spiro atoms. The van der Waals surface area contributed by atoms with Crippen molar-refractivity contribution >= 4 is 11.9 Å². The summed E-state index contributed by atoms with van der Waals surface area (Å²) in [4.78, 5) is 40.0. The van der Waals surface area contributed by atoms with Gasteiger partial charge in [-0.05, 0) is 6.07 Å². The maximum atomic E-state index is 11.6. The molecule has 18 heavy (non-hydrogen) atoms. The van der Waals surface area contributed by atoms with E-state index in [0.29, 0.717) is 5.69 Å². The Bertz CT molecular complexity index is 546. The van der Waals surface area contributed by atoms with Gasteiger partial charge in [-0.15, -0.1) is 0 Å². The minimum Gasteiger partial charge on any atom is -0.318 e. The van der Waals surface area contributed by atoms with Crippen LogP contribution in [0.4, 0.5) is 4.79 Å². The highest BCUT2D eigenvalue weighted by Crippen LogP contribution is 2.28. The number of urea groups is 1. The van der Waals surface area contributed by atoms with Crippen molar-refractivity contribution in [2.75, 3.05) is 7.05 Å². The van der Waals surface area contributed by atoms with Crippen LogP contribution in [0.1, 0.15) is 18.7 Å². The lowest BCUT2D eigenvalue weighted by Gasteiger charge is -2.35. The van der Waals surface area contributed by atoms with Crippen LogP contribution in [-0.2, 0) is 11.8 Å². The molecular weight excluding hydrogens is 236 g/mol. The van der Waals surface area contributed by atoms with Gasteiger partial charge in [0.2, 0.25) is 5.91 Å². The molecule has 1 N–H and O–H groups in total. The molecule has 3 amide bonds. The van der Waals surface area contributed by atoms with Crippen molar-refractivity contribution in [2.45, 2.75) is 13.0 Å². The smallest absolute Gasteiger partial charge is 0.318 e. The number of amides is 3. The second kappa shape index (κ2) is 4.25. The summed E-state index contributed by atoms with van der Waals surface area (Å²) in [6, 6.07) is 0.649. The third kappa shape index (κ3) is 1.87. The first kappa shape index (κ1) is 12.3. The molecule has 1 saturated heterocycles. The van der Waals surface area contributed by atoms with E-state index in [9.17, 15) is 14.4 Å². The summed E-state index contributed by atoms with van der Waals surface area (Å²) in [5.74, 6) is -0.808. The van der Waals surface area contributed by atoms with E-state index in [1.807, 2.05) is 0 Å². The predicted molar refractivity (Wildman–Crippen MR) is 62.7 cm³/mol. The van der Waals surface area contributed by atoms with Gasteiger partial charge in [-0.2, -0.15) is 4.98 Å². The van der Waals surface area contributed by atoms with E-state index >= 15 is 0 Å². The molecule has 1 aliphatic heterocycles. The van der Waals surface area contributed by atoms with Crippen molar-refractivity contribution in [3.05, 3.63) is 28.4 Å².